The Hall–Kier alpha value is -3.98. The molecule has 2 heterocycles. The molecule has 0 bridgehead atoms. The molecule has 5 rings (SSSR count). The Balaban J connectivity index is 1.37. The van der Waals surface area contributed by atoms with Gasteiger partial charge in [0.25, 0.3) is 5.56 Å². The SMILES string of the molecule is Cc1ccc(C(=O)OC[C@H]2O[C@@H](n3cc(C4CCCCC4)c(=O)[nH]c3=O)C[C@@H]2OC(=O)c2ccc(C)cc2)cc1. The molecule has 2 fully saturated rings. The Morgan fingerprint density at radius 3 is 2.12 bits per heavy atom. The summed E-state index contributed by atoms with van der Waals surface area (Å²) in [6.07, 6.45) is 4.31. The van der Waals surface area contributed by atoms with Crippen molar-refractivity contribution in [2.45, 2.75) is 76.7 Å². The van der Waals surface area contributed by atoms with E-state index in [4.69, 9.17) is 14.2 Å². The van der Waals surface area contributed by atoms with Gasteiger partial charge < -0.3 is 14.2 Å². The highest BCUT2D eigenvalue weighted by Gasteiger charge is 2.41. The van der Waals surface area contributed by atoms with E-state index in [1.54, 1.807) is 30.5 Å². The lowest BCUT2D eigenvalue weighted by molar-refractivity contribution is -0.0583. The number of aromatic nitrogens is 2. The fourth-order valence-electron chi connectivity index (χ4n) is 5.39. The standard InChI is InChI=1S/C31H34N2O7/c1-19-8-12-22(13-9-19)29(35)38-18-26-25(40-30(36)23-14-10-20(2)11-15-23)16-27(39-26)33-17-24(28(34)32-31(33)37)21-6-4-3-5-7-21/h8-15,17,21,25-27H,3-7,16,18H2,1-2H3,(H,32,34,37)/t25-,26+,27+/m0/s1. The predicted molar refractivity (Wildman–Crippen MR) is 148 cm³/mol. The summed E-state index contributed by atoms with van der Waals surface area (Å²) in [6.45, 7) is 3.67. The summed E-state index contributed by atoms with van der Waals surface area (Å²) in [5, 5.41) is 0. The number of carbonyl (C=O) groups excluding carboxylic acids is 2. The summed E-state index contributed by atoms with van der Waals surface area (Å²) in [6, 6.07) is 14.0. The molecule has 0 unspecified atom stereocenters. The van der Waals surface area contributed by atoms with Gasteiger partial charge in [-0.25, -0.2) is 14.4 Å². The van der Waals surface area contributed by atoms with Crippen LogP contribution in [0.5, 0.6) is 0 Å². The summed E-state index contributed by atoms with van der Waals surface area (Å²) in [5.41, 5.74) is 2.37. The first-order valence-electron chi connectivity index (χ1n) is 13.8. The molecular weight excluding hydrogens is 512 g/mol. The van der Waals surface area contributed by atoms with Crippen LogP contribution in [0.25, 0.3) is 0 Å². The van der Waals surface area contributed by atoms with Crippen LogP contribution in [-0.4, -0.2) is 40.3 Å². The van der Waals surface area contributed by atoms with Crippen LogP contribution < -0.4 is 11.2 Å². The van der Waals surface area contributed by atoms with Gasteiger partial charge in [0.2, 0.25) is 0 Å². The van der Waals surface area contributed by atoms with E-state index in [9.17, 15) is 19.2 Å². The van der Waals surface area contributed by atoms with E-state index >= 15 is 0 Å². The molecule has 0 amide bonds. The van der Waals surface area contributed by atoms with E-state index < -0.39 is 36.1 Å². The number of benzene rings is 2. The molecule has 1 aliphatic carbocycles. The molecule has 40 heavy (non-hydrogen) atoms. The number of hydrogen-bond acceptors (Lipinski definition) is 7. The van der Waals surface area contributed by atoms with Gasteiger partial charge in [-0.15, -0.1) is 0 Å². The van der Waals surface area contributed by atoms with Crippen molar-refractivity contribution in [2.24, 2.45) is 0 Å². The monoisotopic (exact) mass is 546 g/mol. The Bertz CT molecular complexity index is 1470. The fraction of sp³-hybridized carbons (Fsp3) is 0.419. The highest BCUT2D eigenvalue weighted by molar-refractivity contribution is 5.90. The molecule has 1 aromatic heterocycles. The van der Waals surface area contributed by atoms with Crippen molar-refractivity contribution in [3.05, 3.63) is 103 Å². The normalized spacial score (nSPS) is 21.2. The third kappa shape index (κ3) is 6.25. The zero-order chi connectivity index (χ0) is 28.2. The number of aryl methyl sites for hydroxylation is 2. The number of aromatic amines is 1. The zero-order valence-electron chi connectivity index (χ0n) is 22.8. The number of hydrogen-bond donors (Lipinski definition) is 1. The Kier molecular flexibility index (Phi) is 8.30. The fourth-order valence-corrected chi connectivity index (χ4v) is 5.39. The van der Waals surface area contributed by atoms with E-state index in [2.05, 4.69) is 4.98 Å². The van der Waals surface area contributed by atoms with Crippen LogP contribution in [0.2, 0.25) is 0 Å². The third-order valence-corrected chi connectivity index (χ3v) is 7.74. The van der Waals surface area contributed by atoms with Crippen LogP contribution >= 0.6 is 0 Å². The summed E-state index contributed by atoms with van der Waals surface area (Å²) < 4.78 is 18.9. The lowest BCUT2D eigenvalue weighted by atomic mass is 9.85. The topological polar surface area (TPSA) is 117 Å². The minimum Gasteiger partial charge on any atom is -0.459 e. The van der Waals surface area contributed by atoms with Crippen molar-refractivity contribution in [1.82, 2.24) is 9.55 Å². The number of nitrogens with zero attached hydrogens (tertiary/aromatic N) is 1. The van der Waals surface area contributed by atoms with Gasteiger partial charge in [-0.3, -0.25) is 14.3 Å². The molecule has 1 aliphatic heterocycles. The lowest BCUT2D eigenvalue weighted by Gasteiger charge is -2.22. The average molecular weight is 547 g/mol. The molecule has 3 aromatic rings. The summed E-state index contributed by atoms with van der Waals surface area (Å²) in [4.78, 5) is 53.6. The Labute approximate surface area is 232 Å². The largest absolute Gasteiger partial charge is 0.459 e. The molecular formula is C31H34N2O7. The van der Waals surface area contributed by atoms with E-state index in [1.807, 2.05) is 38.1 Å². The van der Waals surface area contributed by atoms with Gasteiger partial charge in [-0.2, -0.15) is 0 Å². The van der Waals surface area contributed by atoms with Crippen molar-refractivity contribution in [1.29, 1.82) is 0 Å². The third-order valence-electron chi connectivity index (χ3n) is 7.74. The molecule has 0 radical (unpaired) electrons. The average Bonchev–Trinajstić information content (AvgIpc) is 3.35. The molecule has 2 aliphatic rings. The number of carbonyl (C=O) groups is 2. The number of nitrogens with one attached hydrogen (secondary N) is 1. The number of rotatable bonds is 7. The molecule has 1 saturated carbocycles. The van der Waals surface area contributed by atoms with Gasteiger partial charge in [-0.1, -0.05) is 54.7 Å². The van der Waals surface area contributed by atoms with Gasteiger partial charge in [0.05, 0.1) is 11.1 Å². The zero-order valence-corrected chi connectivity index (χ0v) is 22.8. The van der Waals surface area contributed by atoms with Crippen LogP contribution in [0, 0.1) is 13.8 Å². The maximum Gasteiger partial charge on any atom is 0.338 e. The van der Waals surface area contributed by atoms with Gasteiger partial charge in [0, 0.05) is 18.2 Å². The quantitative estimate of drug-likeness (QED) is 0.432. The van der Waals surface area contributed by atoms with E-state index in [0.29, 0.717) is 16.7 Å². The molecule has 0 spiro atoms. The minimum atomic E-state index is -0.814. The van der Waals surface area contributed by atoms with Gasteiger partial charge in [0.1, 0.15) is 25.0 Å². The van der Waals surface area contributed by atoms with Crippen LogP contribution in [0.15, 0.2) is 64.3 Å². The summed E-state index contributed by atoms with van der Waals surface area (Å²) in [7, 11) is 0. The maximum atomic E-state index is 13.0. The molecule has 9 nitrogen and oxygen atoms in total. The Morgan fingerprint density at radius 1 is 0.900 bits per heavy atom. The van der Waals surface area contributed by atoms with E-state index in [-0.39, 0.29) is 24.5 Å². The first kappa shape index (κ1) is 27.6. The minimum absolute atomic E-state index is 0.0761. The van der Waals surface area contributed by atoms with Crippen molar-refractivity contribution in [3.63, 3.8) is 0 Å². The highest BCUT2D eigenvalue weighted by atomic mass is 16.6. The second-order valence-electron chi connectivity index (χ2n) is 10.7. The van der Waals surface area contributed by atoms with Crippen molar-refractivity contribution >= 4 is 11.9 Å². The molecule has 1 saturated heterocycles. The molecule has 210 valence electrons. The van der Waals surface area contributed by atoms with Crippen molar-refractivity contribution < 1.29 is 23.8 Å². The molecule has 2 aromatic carbocycles. The van der Waals surface area contributed by atoms with Crippen molar-refractivity contribution in [2.75, 3.05) is 6.61 Å². The lowest BCUT2D eigenvalue weighted by Crippen LogP contribution is -2.35. The highest BCUT2D eigenvalue weighted by Crippen LogP contribution is 2.34. The van der Waals surface area contributed by atoms with Gasteiger partial charge >= 0.3 is 17.6 Å². The molecule has 9 heteroatoms. The second kappa shape index (κ2) is 12.0. The molecule has 1 N–H and O–H groups in total. The van der Waals surface area contributed by atoms with Crippen LogP contribution in [0.1, 0.15) is 88.1 Å². The van der Waals surface area contributed by atoms with Gasteiger partial charge in [-0.05, 0) is 56.9 Å². The van der Waals surface area contributed by atoms with Crippen molar-refractivity contribution in [3.8, 4) is 0 Å². The van der Waals surface area contributed by atoms with E-state index in [1.165, 1.54) is 4.57 Å². The first-order chi connectivity index (χ1) is 19.3. The summed E-state index contributed by atoms with van der Waals surface area (Å²) >= 11 is 0. The Morgan fingerprint density at radius 2 is 1.50 bits per heavy atom. The maximum absolute atomic E-state index is 13.0. The number of esters is 2. The van der Waals surface area contributed by atoms with E-state index in [0.717, 1.165) is 43.2 Å². The van der Waals surface area contributed by atoms with Gasteiger partial charge in [0.15, 0.2) is 0 Å². The first-order valence-corrected chi connectivity index (χ1v) is 13.8. The number of ether oxygens (including phenoxy) is 3. The van der Waals surface area contributed by atoms with Crippen LogP contribution in [-0.2, 0) is 14.2 Å². The number of H-pyrrole nitrogens is 1. The summed E-state index contributed by atoms with van der Waals surface area (Å²) in [5.74, 6) is -0.996. The molecule has 3 atom stereocenters. The predicted octanol–water partition coefficient (Wildman–Crippen LogP) is 4.57. The second-order valence-corrected chi connectivity index (χ2v) is 10.7. The smallest absolute Gasteiger partial charge is 0.338 e. The van der Waals surface area contributed by atoms with Crippen LogP contribution in [0.4, 0.5) is 0 Å². The van der Waals surface area contributed by atoms with Crippen LogP contribution in [0.3, 0.4) is 0 Å².